The monoisotopic (exact) mass is 278 g/mol. The zero-order chi connectivity index (χ0) is 14.4. The van der Waals surface area contributed by atoms with Gasteiger partial charge in [0, 0.05) is 25.6 Å². The van der Waals surface area contributed by atoms with E-state index in [1.807, 2.05) is 19.1 Å². The molecule has 3 N–H and O–H groups in total. The summed E-state index contributed by atoms with van der Waals surface area (Å²) in [4.78, 5) is 18.2. The lowest BCUT2D eigenvalue weighted by Gasteiger charge is -2.28. The second-order valence-electron chi connectivity index (χ2n) is 5.07. The van der Waals surface area contributed by atoms with Crippen molar-refractivity contribution in [3.63, 3.8) is 0 Å². The molecule has 1 fully saturated rings. The Labute approximate surface area is 119 Å². The standard InChI is InChI=1S/C14H22N4O2/c1-11(15)2-5-14(19)17-13-4-3-12(10-16-13)18-6-8-20-9-7-18/h3-4,10-11H,2,5-9,15H2,1H3,(H,16,17,19). The third kappa shape index (κ3) is 4.47. The van der Waals surface area contributed by atoms with Crippen molar-refractivity contribution in [1.29, 1.82) is 0 Å². The SMILES string of the molecule is CC(N)CCC(=O)Nc1ccc(N2CCOCC2)cn1. The van der Waals surface area contributed by atoms with Gasteiger partial charge in [0.05, 0.1) is 25.1 Å². The van der Waals surface area contributed by atoms with Crippen LogP contribution in [0, 0.1) is 0 Å². The van der Waals surface area contributed by atoms with Crippen molar-refractivity contribution in [2.24, 2.45) is 5.73 Å². The van der Waals surface area contributed by atoms with Crippen LogP contribution in [0.2, 0.25) is 0 Å². The second-order valence-corrected chi connectivity index (χ2v) is 5.07. The highest BCUT2D eigenvalue weighted by Crippen LogP contribution is 2.16. The molecule has 0 spiro atoms. The number of carbonyl (C=O) groups excluding carboxylic acids is 1. The van der Waals surface area contributed by atoms with E-state index in [2.05, 4.69) is 15.2 Å². The van der Waals surface area contributed by atoms with Crippen molar-refractivity contribution < 1.29 is 9.53 Å². The zero-order valence-electron chi connectivity index (χ0n) is 11.8. The van der Waals surface area contributed by atoms with Crippen molar-refractivity contribution in [2.45, 2.75) is 25.8 Å². The van der Waals surface area contributed by atoms with Gasteiger partial charge in [0.25, 0.3) is 0 Å². The van der Waals surface area contributed by atoms with Crippen LogP contribution in [-0.2, 0) is 9.53 Å². The van der Waals surface area contributed by atoms with E-state index >= 15 is 0 Å². The fourth-order valence-corrected chi connectivity index (χ4v) is 2.03. The Morgan fingerprint density at radius 1 is 1.50 bits per heavy atom. The van der Waals surface area contributed by atoms with Crippen molar-refractivity contribution in [3.8, 4) is 0 Å². The van der Waals surface area contributed by atoms with E-state index in [-0.39, 0.29) is 11.9 Å². The van der Waals surface area contributed by atoms with E-state index in [1.54, 1.807) is 6.20 Å². The highest BCUT2D eigenvalue weighted by atomic mass is 16.5. The summed E-state index contributed by atoms with van der Waals surface area (Å²) in [6, 6.07) is 3.84. The molecular formula is C14H22N4O2. The highest BCUT2D eigenvalue weighted by molar-refractivity contribution is 5.89. The lowest BCUT2D eigenvalue weighted by atomic mass is 10.2. The summed E-state index contributed by atoms with van der Waals surface area (Å²) in [6.45, 7) is 5.14. The molecule has 1 unspecified atom stereocenters. The summed E-state index contributed by atoms with van der Waals surface area (Å²) >= 11 is 0. The fraction of sp³-hybridized carbons (Fsp3) is 0.571. The number of morpholine rings is 1. The first-order valence-electron chi connectivity index (χ1n) is 6.99. The van der Waals surface area contributed by atoms with Crippen LogP contribution in [0.5, 0.6) is 0 Å². The van der Waals surface area contributed by atoms with E-state index in [1.165, 1.54) is 0 Å². The molecule has 2 heterocycles. The third-order valence-electron chi connectivity index (χ3n) is 3.22. The van der Waals surface area contributed by atoms with Gasteiger partial charge in [-0.25, -0.2) is 4.98 Å². The molecule has 1 amide bonds. The van der Waals surface area contributed by atoms with Gasteiger partial charge in [-0.05, 0) is 25.5 Å². The van der Waals surface area contributed by atoms with Crippen molar-refractivity contribution in [3.05, 3.63) is 18.3 Å². The van der Waals surface area contributed by atoms with Crippen molar-refractivity contribution >= 4 is 17.4 Å². The summed E-state index contributed by atoms with van der Waals surface area (Å²) in [5, 5.41) is 2.78. The number of nitrogens with one attached hydrogen (secondary N) is 1. The molecule has 6 heteroatoms. The van der Waals surface area contributed by atoms with Gasteiger partial charge in [-0.1, -0.05) is 0 Å². The van der Waals surface area contributed by atoms with E-state index in [9.17, 15) is 4.79 Å². The molecule has 1 atom stereocenters. The maximum Gasteiger partial charge on any atom is 0.225 e. The predicted molar refractivity (Wildman–Crippen MR) is 78.8 cm³/mol. The van der Waals surface area contributed by atoms with Gasteiger partial charge in [0.15, 0.2) is 0 Å². The molecule has 0 aromatic carbocycles. The Bertz CT molecular complexity index is 427. The van der Waals surface area contributed by atoms with Crippen LogP contribution in [0.15, 0.2) is 18.3 Å². The lowest BCUT2D eigenvalue weighted by molar-refractivity contribution is -0.116. The van der Waals surface area contributed by atoms with Gasteiger partial charge < -0.3 is 20.7 Å². The van der Waals surface area contributed by atoms with Crippen LogP contribution in [0.4, 0.5) is 11.5 Å². The first-order valence-corrected chi connectivity index (χ1v) is 6.99. The van der Waals surface area contributed by atoms with Crippen molar-refractivity contribution in [2.75, 3.05) is 36.5 Å². The number of carbonyl (C=O) groups is 1. The number of aromatic nitrogens is 1. The van der Waals surface area contributed by atoms with Gasteiger partial charge >= 0.3 is 0 Å². The van der Waals surface area contributed by atoms with Gasteiger partial charge in [-0.2, -0.15) is 0 Å². The Morgan fingerprint density at radius 2 is 2.25 bits per heavy atom. The number of nitrogens with zero attached hydrogens (tertiary/aromatic N) is 2. The maximum atomic E-state index is 11.7. The minimum absolute atomic E-state index is 0.0393. The molecule has 1 aliphatic rings. The molecular weight excluding hydrogens is 256 g/mol. The number of pyridine rings is 1. The number of nitrogens with two attached hydrogens (primary N) is 1. The van der Waals surface area contributed by atoms with Crippen LogP contribution in [0.25, 0.3) is 0 Å². The molecule has 1 aromatic heterocycles. The summed E-state index contributed by atoms with van der Waals surface area (Å²) in [5.74, 6) is 0.533. The van der Waals surface area contributed by atoms with Crippen LogP contribution in [-0.4, -0.2) is 43.2 Å². The largest absolute Gasteiger partial charge is 0.378 e. The maximum absolute atomic E-state index is 11.7. The summed E-state index contributed by atoms with van der Waals surface area (Å²) < 4.78 is 5.31. The molecule has 0 bridgehead atoms. The quantitative estimate of drug-likeness (QED) is 0.839. The summed E-state index contributed by atoms with van der Waals surface area (Å²) in [5.41, 5.74) is 6.68. The summed E-state index contributed by atoms with van der Waals surface area (Å²) in [6.07, 6.45) is 2.88. The van der Waals surface area contributed by atoms with Crippen molar-refractivity contribution in [1.82, 2.24) is 4.98 Å². The topological polar surface area (TPSA) is 80.5 Å². The van der Waals surface area contributed by atoms with Gasteiger partial charge in [0.1, 0.15) is 5.82 Å². The number of hydrogen-bond acceptors (Lipinski definition) is 5. The van der Waals surface area contributed by atoms with Crippen LogP contribution in [0.1, 0.15) is 19.8 Å². The highest BCUT2D eigenvalue weighted by Gasteiger charge is 2.11. The first-order chi connectivity index (χ1) is 9.65. The molecule has 2 rings (SSSR count). The normalized spacial score (nSPS) is 16.8. The van der Waals surface area contributed by atoms with Crippen LogP contribution < -0.4 is 16.0 Å². The molecule has 110 valence electrons. The second kappa shape index (κ2) is 7.21. The molecule has 0 radical (unpaired) electrons. The minimum atomic E-state index is -0.0473. The lowest BCUT2D eigenvalue weighted by Crippen LogP contribution is -2.36. The number of ether oxygens (including phenoxy) is 1. The van der Waals surface area contributed by atoms with E-state index in [0.717, 1.165) is 32.0 Å². The van der Waals surface area contributed by atoms with E-state index in [4.69, 9.17) is 10.5 Å². The molecule has 0 aliphatic carbocycles. The average molecular weight is 278 g/mol. The van der Waals surface area contributed by atoms with Gasteiger partial charge in [-0.3, -0.25) is 4.79 Å². The van der Waals surface area contributed by atoms with E-state index < -0.39 is 0 Å². The number of amides is 1. The Morgan fingerprint density at radius 3 is 2.85 bits per heavy atom. The van der Waals surface area contributed by atoms with Crippen LogP contribution >= 0.6 is 0 Å². The first kappa shape index (κ1) is 14.7. The smallest absolute Gasteiger partial charge is 0.225 e. The number of rotatable bonds is 5. The molecule has 0 saturated carbocycles. The average Bonchev–Trinajstić information content (AvgIpc) is 2.47. The Kier molecular flexibility index (Phi) is 5.31. The Hall–Kier alpha value is -1.66. The number of hydrogen-bond donors (Lipinski definition) is 2. The fourth-order valence-electron chi connectivity index (χ4n) is 2.03. The predicted octanol–water partition coefficient (Wildman–Crippen LogP) is 0.984. The number of anilines is 2. The molecule has 1 aliphatic heterocycles. The third-order valence-corrected chi connectivity index (χ3v) is 3.22. The van der Waals surface area contributed by atoms with Gasteiger partial charge in [-0.15, -0.1) is 0 Å². The molecule has 6 nitrogen and oxygen atoms in total. The Balaban J connectivity index is 1.86. The molecule has 20 heavy (non-hydrogen) atoms. The summed E-state index contributed by atoms with van der Waals surface area (Å²) in [7, 11) is 0. The van der Waals surface area contributed by atoms with Gasteiger partial charge in [0.2, 0.25) is 5.91 Å². The van der Waals surface area contributed by atoms with E-state index in [0.29, 0.717) is 18.7 Å². The molecule has 1 saturated heterocycles. The van der Waals surface area contributed by atoms with Crippen LogP contribution in [0.3, 0.4) is 0 Å². The zero-order valence-corrected chi connectivity index (χ0v) is 11.8. The minimum Gasteiger partial charge on any atom is -0.378 e. The molecule has 1 aromatic rings.